The van der Waals surface area contributed by atoms with Gasteiger partial charge in [0.2, 0.25) is 0 Å². The van der Waals surface area contributed by atoms with Gasteiger partial charge in [0.25, 0.3) is 5.91 Å². The van der Waals surface area contributed by atoms with Crippen molar-refractivity contribution in [1.82, 2.24) is 14.9 Å². The number of aliphatic hydroxyl groups is 1. The number of likely N-dealkylation sites (tertiary alicyclic amines) is 1. The predicted octanol–water partition coefficient (Wildman–Crippen LogP) is 2.88. The molecule has 0 bridgehead atoms. The van der Waals surface area contributed by atoms with Crippen LogP contribution < -0.4 is 4.90 Å². The Bertz CT molecular complexity index is 1100. The number of aromatic nitrogens is 2. The second-order valence-corrected chi connectivity index (χ2v) is 9.40. The molecule has 3 aromatic rings. The summed E-state index contributed by atoms with van der Waals surface area (Å²) in [4.78, 5) is 26.1. The Hall–Kier alpha value is -2.51. The molecule has 7 heteroatoms. The van der Waals surface area contributed by atoms with Crippen molar-refractivity contribution in [2.24, 2.45) is 11.3 Å². The van der Waals surface area contributed by atoms with Crippen molar-refractivity contribution in [3.63, 3.8) is 0 Å². The topological polar surface area (TPSA) is 69.6 Å². The number of hydrogen-bond acceptors (Lipinski definition) is 6. The Balaban J connectivity index is 1.43. The van der Waals surface area contributed by atoms with Gasteiger partial charge in [-0.2, -0.15) is 0 Å². The van der Waals surface area contributed by atoms with Gasteiger partial charge in [-0.05, 0) is 26.0 Å². The van der Waals surface area contributed by atoms with Crippen LogP contribution in [0.5, 0.6) is 0 Å². The Kier molecular flexibility index (Phi) is 4.33. The van der Waals surface area contributed by atoms with E-state index < -0.39 is 0 Å². The molecule has 0 unspecified atom stereocenters. The summed E-state index contributed by atoms with van der Waals surface area (Å²) in [6.07, 6.45) is 0. The lowest BCUT2D eigenvalue weighted by atomic mass is 9.82. The molecule has 2 aliphatic rings. The lowest BCUT2D eigenvalue weighted by Gasteiger charge is -2.28. The maximum Gasteiger partial charge on any atom is 0.273 e. The molecule has 29 heavy (non-hydrogen) atoms. The van der Waals surface area contributed by atoms with Crippen molar-refractivity contribution in [1.29, 1.82) is 0 Å². The van der Waals surface area contributed by atoms with Crippen molar-refractivity contribution in [2.75, 3.05) is 37.7 Å². The molecular weight excluding hydrogens is 384 g/mol. The maximum atomic E-state index is 12.9. The first-order chi connectivity index (χ1) is 14.0. The van der Waals surface area contributed by atoms with Crippen LogP contribution in [-0.2, 0) is 0 Å². The van der Waals surface area contributed by atoms with Gasteiger partial charge in [-0.1, -0.05) is 18.2 Å². The highest BCUT2D eigenvalue weighted by atomic mass is 32.1. The average molecular weight is 409 g/mol. The second-order valence-electron chi connectivity index (χ2n) is 8.34. The van der Waals surface area contributed by atoms with Gasteiger partial charge in [-0.15, -0.1) is 11.3 Å². The number of carbonyl (C=O) groups excluding carboxylic acids is 1. The van der Waals surface area contributed by atoms with Gasteiger partial charge in [-0.25, -0.2) is 4.98 Å². The fraction of sp³-hybridized carbons (Fsp3) is 0.409. The molecule has 4 heterocycles. The number of hydrogen-bond donors (Lipinski definition) is 1. The standard InChI is InChI=1S/C22H24N4O2S/c1-14-7-20(17-5-3-4-6-18(17)23-14)25-8-16-9-26(12-22(16,11-25)13-27)21(28)19-10-29-15(2)24-19/h3-7,10,16,27H,8-9,11-13H2,1-2H3/t16-,22+/m0/s1. The summed E-state index contributed by atoms with van der Waals surface area (Å²) in [7, 11) is 0. The van der Waals surface area contributed by atoms with Crippen LogP contribution in [0.25, 0.3) is 10.9 Å². The first kappa shape index (κ1) is 18.5. The largest absolute Gasteiger partial charge is 0.396 e. The Morgan fingerprint density at radius 1 is 1.24 bits per heavy atom. The molecule has 0 saturated carbocycles. The van der Waals surface area contributed by atoms with Gasteiger partial charge in [0.15, 0.2) is 0 Å². The van der Waals surface area contributed by atoms with E-state index in [0.29, 0.717) is 18.8 Å². The summed E-state index contributed by atoms with van der Waals surface area (Å²) in [5.41, 5.74) is 3.38. The average Bonchev–Trinajstić information content (AvgIpc) is 3.39. The fourth-order valence-corrected chi connectivity index (χ4v) is 5.50. The van der Waals surface area contributed by atoms with Crippen LogP contribution in [-0.4, -0.2) is 58.7 Å². The molecule has 150 valence electrons. The number of amides is 1. The Morgan fingerprint density at radius 2 is 2.07 bits per heavy atom. The number of aryl methyl sites for hydroxylation is 2. The van der Waals surface area contributed by atoms with Crippen molar-refractivity contribution in [3.05, 3.63) is 52.1 Å². The number of nitrogens with zero attached hydrogens (tertiary/aromatic N) is 4. The molecule has 2 atom stereocenters. The molecule has 0 aliphatic carbocycles. The zero-order chi connectivity index (χ0) is 20.2. The van der Waals surface area contributed by atoms with E-state index in [1.54, 1.807) is 0 Å². The van der Waals surface area contributed by atoms with Crippen molar-refractivity contribution < 1.29 is 9.90 Å². The molecule has 6 nitrogen and oxygen atoms in total. The molecule has 5 rings (SSSR count). The summed E-state index contributed by atoms with van der Waals surface area (Å²) < 4.78 is 0. The van der Waals surface area contributed by atoms with Gasteiger partial charge in [-0.3, -0.25) is 9.78 Å². The van der Waals surface area contributed by atoms with Crippen LogP contribution in [0, 0.1) is 25.2 Å². The molecule has 0 spiro atoms. The van der Waals surface area contributed by atoms with Gasteiger partial charge >= 0.3 is 0 Å². The number of benzene rings is 1. The minimum Gasteiger partial charge on any atom is -0.396 e. The molecular formula is C22H24N4O2S. The molecule has 1 amide bonds. The highest BCUT2D eigenvalue weighted by molar-refractivity contribution is 7.09. The number of anilines is 1. The van der Waals surface area contributed by atoms with Crippen molar-refractivity contribution >= 4 is 33.8 Å². The van der Waals surface area contributed by atoms with Gasteiger partial charge in [0, 0.05) is 59.7 Å². The molecule has 0 radical (unpaired) electrons. The smallest absolute Gasteiger partial charge is 0.273 e. The number of carbonyl (C=O) groups is 1. The number of rotatable bonds is 3. The number of thiazole rings is 1. The quantitative estimate of drug-likeness (QED) is 0.722. The molecule has 2 aromatic heterocycles. The molecule has 2 aliphatic heterocycles. The van der Waals surface area contributed by atoms with Crippen LogP contribution in [0.15, 0.2) is 35.7 Å². The van der Waals surface area contributed by atoms with E-state index in [1.165, 1.54) is 17.0 Å². The Morgan fingerprint density at radius 3 is 2.79 bits per heavy atom. The minimum atomic E-state index is -0.293. The maximum absolute atomic E-state index is 12.9. The summed E-state index contributed by atoms with van der Waals surface area (Å²) >= 11 is 1.50. The van der Waals surface area contributed by atoms with E-state index in [4.69, 9.17) is 0 Å². The lowest BCUT2D eigenvalue weighted by Crippen LogP contribution is -2.39. The lowest BCUT2D eigenvalue weighted by molar-refractivity contribution is 0.0743. The number of fused-ring (bicyclic) bond motifs is 2. The summed E-state index contributed by atoms with van der Waals surface area (Å²) in [5.74, 6) is 0.219. The first-order valence-electron chi connectivity index (χ1n) is 9.93. The minimum absolute atomic E-state index is 0.0201. The normalized spacial score (nSPS) is 23.8. The van der Waals surface area contributed by atoms with Crippen molar-refractivity contribution in [3.8, 4) is 0 Å². The zero-order valence-electron chi connectivity index (χ0n) is 16.6. The highest BCUT2D eigenvalue weighted by Crippen LogP contribution is 2.45. The van der Waals surface area contributed by atoms with Crippen LogP contribution in [0.1, 0.15) is 21.2 Å². The van der Waals surface area contributed by atoms with Crippen LogP contribution in [0.3, 0.4) is 0 Å². The molecule has 1 aromatic carbocycles. The van der Waals surface area contributed by atoms with Crippen LogP contribution >= 0.6 is 11.3 Å². The third-order valence-electron chi connectivity index (χ3n) is 6.36. The van der Waals surface area contributed by atoms with Crippen LogP contribution in [0.4, 0.5) is 5.69 Å². The number of aliphatic hydroxyl groups excluding tert-OH is 1. The van der Waals surface area contributed by atoms with Crippen molar-refractivity contribution in [2.45, 2.75) is 13.8 Å². The molecule has 2 fully saturated rings. The third kappa shape index (κ3) is 3.00. The zero-order valence-corrected chi connectivity index (χ0v) is 17.4. The summed E-state index contributed by atoms with van der Waals surface area (Å²) in [6, 6.07) is 10.3. The Labute approximate surface area is 173 Å². The van der Waals surface area contributed by atoms with E-state index in [1.807, 2.05) is 42.3 Å². The number of pyridine rings is 1. The van der Waals surface area contributed by atoms with E-state index >= 15 is 0 Å². The SMILES string of the molecule is Cc1cc(N2C[C@H]3CN(C(=O)c4csc(C)n4)C[C@@]3(CO)C2)c2ccccc2n1. The third-order valence-corrected chi connectivity index (χ3v) is 7.14. The fourth-order valence-electron chi connectivity index (χ4n) is 4.91. The van der Waals surface area contributed by atoms with E-state index in [-0.39, 0.29) is 23.8 Å². The number of para-hydroxylation sites is 1. The van der Waals surface area contributed by atoms with E-state index in [2.05, 4.69) is 27.0 Å². The molecule has 2 saturated heterocycles. The summed E-state index contributed by atoms with van der Waals surface area (Å²) in [6.45, 7) is 6.81. The highest BCUT2D eigenvalue weighted by Gasteiger charge is 2.53. The van der Waals surface area contributed by atoms with Gasteiger partial charge in [0.1, 0.15) is 5.69 Å². The summed E-state index contributed by atoms with van der Waals surface area (Å²) in [5, 5.41) is 14.2. The second kappa shape index (κ2) is 6.78. The van der Waals surface area contributed by atoms with Crippen LogP contribution in [0.2, 0.25) is 0 Å². The monoisotopic (exact) mass is 408 g/mol. The molecule has 1 N–H and O–H groups in total. The van der Waals surface area contributed by atoms with E-state index in [0.717, 1.165) is 34.7 Å². The predicted molar refractivity (Wildman–Crippen MR) is 114 cm³/mol. The van der Waals surface area contributed by atoms with Gasteiger partial charge in [0.05, 0.1) is 17.1 Å². The van der Waals surface area contributed by atoms with Gasteiger partial charge < -0.3 is 14.9 Å². The first-order valence-corrected chi connectivity index (χ1v) is 10.8. The van der Waals surface area contributed by atoms with E-state index in [9.17, 15) is 9.90 Å².